The third-order valence-corrected chi connectivity index (χ3v) is 4.03. The zero-order valence-corrected chi connectivity index (χ0v) is 11.6. The van der Waals surface area contributed by atoms with Gasteiger partial charge in [0.1, 0.15) is 5.75 Å². The van der Waals surface area contributed by atoms with E-state index in [1.807, 2.05) is 12.1 Å². The molecule has 0 heterocycles. The van der Waals surface area contributed by atoms with Crippen LogP contribution in [0.3, 0.4) is 0 Å². The number of nitrogens with one attached hydrogen (secondary N) is 1. The van der Waals surface area contributed by atoms with Crippen LogP contribution in [-0.4, -0.2) is 13.2 Å². The third-order valence-electron chi connectivity index (χ3n) is 3.57. The highest BCUT2D eigenvalue weighted by atomic mass is 79.9. The summed E-state index contributed by atoms with van der Waals surface area (Å²) in [6, 6.07) is 6.60. The molecule has 0 spiro atoms. The number of halogens is 1. The molecule has 1 atom stereocenters. The van der Waals surface area contributed by atoms with E-state index in [-0.39, 0.29) is 0 Å². The summed E-state index contributed by atoms with van der Waals surface area (Å²) in [4.78, 5) is 0. The van der Waals surface area contributed by atoms with Gasteiger partial charge >= 0.3 is 0 Å². The summed E-state index contributed by atoms with van der Waals surface area (Å²) in [5.74, 6) is 0.880. The molecule has 1 aliphatic carbocycles. The fourth-order valence-corrected chi connectivity index (χ4v) is 2.29. The molecule has 1 N–H and O–H groups in total. The fourth-order valence-electron chi connectivity index (χ4n) is 1.82. The first-order valence-electron chi connectivity index (χ1n) is 5.65. The predicted octanol–water partition coefficient (Wildman–Crippen LogP) is 4.06. The monoisotopic (exact) mass is 283 g/mol. The number of methoxy groups -OCH3 is 1. The molecule has 1 fully saturated rings. The summed E-state index contributed by atoms with van der Waals surface area (Å²) in [5, 5.41) is 3.55. The van der Waals surface area contributed by atoms with Gasteiger partial charge in [-0.1, -0.05) is 22.9 Å². The second-order valence-corrected chi connectivity index (χ2v) is 5.82. The van der Waals surface area contributed by atoms with Crippen molar-refractivity contribution >= 4 is 21.6 Å². The van der Waals surface area contributed by atoms with Crippen LogP contribution in [0, 0.1) is 5.41 Å². The first-order chi connectivity index (χ1) is 7.53. The highest BCUT2D eigenvalue weighted by molar-refractivity contribution is 9.10. The van der Waals surface area contributed by atoms with Crippen molar-refractivity contribution in [2.24, 2.45) is 5.41 Å². The molecular formula is C13H18BrNO. The molecule has 88 valence electrons. The fraction of sp³-hybridized carbons (Fsp3) is 0.538. The molecule has 1 saturated carbocycles. The normalized spacial score (nSPS) is 19.0. The molecule has 0 radical (unpaired) electrons. The number of hydrogen-bond donors (Lipinski definition) is 1. The molecule has 2 rings (SSSR count). The standard InChI is InChI=1S/C13H18BrNO/c1-9(13(2)4-5-13)15-11-6-10(14)7-12(8-11)16-3/h6-9,15H,4-5H2,1-3H3. The van der Waals surface area contributed by atoms with Crippen molar-refractivity contribution < 1.29 is 4.74 Å². The molecule has 2 nitrogen and oxygen atoms in total. The van der Waals surface area contributed by atoms with Gasteiger partial charge in [0.2, 0.25) is 0 Å². The second kappa shape index (κ2) is 4.28. The molecule has 16 heavy (non-hydrogen) atoms. The van der Waals surface area contributed by atoms with Gasteiger partial charge in [-0.25, -0.2) is 0 Å². The second-order valence-electron chi connectivity index (χ2n) is 4.90. The van der Waals surface area contributed by atoms with E-state index < -0.39 is 0 Å². The Morgan fingerprint density at radius 1 is 1.38 bits per heavy atom. The molecule has 0 aromatic heterocycles. The Morgan fingerprint density at radius 3 is 2.62 bits per heavy atom. The van der Waals surface area contributed by atoms with Crippen molar-refractivity contribution in [2.75, 3.05) is 12.4 Å². The number of benzene rings is 1. The van der Waals surface area contributed by atoms with Crippen molar-refractivity contribution in [3.63, 3.8) is 0 Å². The molecule has 0 bridgehead atoms. The number of rotatable bonds is 4. The molecule has 3 heteroatoms. The molecule has 1 aromatic rings. The quantitative estimate of drug-likeness (QED) is 0.900. The van der Waals surface area contributed by atoms with Crippen LogP contribution in [0.15, 0.2) is 22.7 Å². The molecule has 1 aromatic carbocycles. The Morgan fingerprint density at radius 2 is 2.06 bits per heavy atom. The first-order valence-corrected chi connectivity index (χ1v) is 6.44. The Labute approximate surface area is 106 Å². The van der Waals surface area contributed by atoms with Crippen LogP contribution in [0.4, 0.5) is 5.69 Å². The van der Waals surface area contributed by atoms with E-state index >= 15 is 0 Å². The van der Waals surface area contributed by atoms with Crippen LogP contribution in [0.1, 0.15) is 26.7 Å². The summed E-state index contributed by atoms with van der Waals surface area (Å²) in [6.45, 7) is 4.58. The van der Waals surface area contributed by atoms with Crippen molar-refractivity contribution in [2.45, 2.75) is 32.7 Å². The van der Waals surface area contributed by atoms with E-state index in [4.69, 9.17) is 4.74 Å². The first kappa shape index (κ1) is 11.8. The Hall–Kier alpha value is -0.700. The van der Waals surface area contributed by atoms with Gasteiger partial charge in [0, 0.05) is 22.3 Å². The van der Waals surface area contributed by atoms with Crippen molar-refractivity contribution in [3.8, 4) is 5.75 Å². The van der Waals surface area contributed by atoms with E-state index in [0.29, 0.717) is 11.5 Å². The minimum Gasteiger partial charge on any atom is -0.497 e. The predicted molar refractivity (Wildman–Crippen MR) is 71.1 cm³/mol. The van der Waals surface area contributed by atoms with E-state index in [0.717, 1.165) is 15.9 Å². The van der Waals surface area contributed by atoms with Crippen LogP contribution < -0.4 is 10.1 Å². The smallest absolute Gasteiger partial charge is 0.122 e. The topological polar surface area (TPSA) is 21.3 Å². The lowest BCUT2D eigenvalue weighted by Crippen LogP contribution is -2.24. The summed E-state index contributed by atoms with van der Waals surface area (Å²) in [5.41, 5.74) is 1.60. The van der Waals surface area contributed by atoms with Gasteiger partial charge in [-0.05, 0) is 37.3 Å². The maximum atomic E-state index is 5.25. The van der Waals surface area contributed by atoms with Crippen molar-refractivity contribution in [3.05, 3.63) is 22.7 Å². The van der Waals surface area contributed by atoms with Gasteiger partial charge in [-0.3, -0.25) is 0 Å². The van der Waals surface area contributed by atoms with Crippen molar-refractivity contribution in [1.82, 2.24) is 0 Å². The molecule has 0 saturated heterocycles. The van der Waals surface area contributed by atoms with E-state index in [1.165, 1.54) is 12.8 Å². The lowest BCUT2D eigenvalue weighted by Gasteiger charge is -2.22. The minimum absolute atomic E-state index is 0.482. The Kier molecular flexibility index (Phi) is 3.15. The molecule has 1 unspecified atom stereocenters. The summed E-state index contributed by atoms with van der Waals surface area (Å²) < 4.78 is 6.29. The van der Waals surface area contributed by atoms with Crippen LogP contribution in [0.5, 0.6) is 5.75 Å². The van der Waals surface area contributed by atoms with Crippen LogP contribution >= 0.6 is 15.9 Å². The number of anilines is 1. The van der Waals surface area contributed by atoms with Crippen LogP contribution in [0.2, 0.25) is 0 Å². The van der Waals surface area contributed by atoms with E-state index in [9.17, 15) is 0 Å². The minimum atomic E-state index is 0.482. The third kappa shape index (κ3) is 2.51. The summed E-state index contributed by atoms with van der Waals surface area (Å²) in [7, 11) is 1.69. The van der Waals surface area contributed by atoms with Crippen molar-refractivity contribution in [1.29, 1.82) is 0 Å². The lowest BCUT2D eigenvalue weighted by molar-refractivity contribution is 0.414. The zero-order chi connectivity index (χ0) is 11.8. The van der Waals surface area contributed by atoms with Gasteiger partial charge < -0.3 is 10.1 Å². The molecule has 0 amide bonds. The SMILES string of the molecule is COc1cc(Br)cc(NC(C)C2(C)CC2)c1. The van der Waals surface area contributed by atoms with Crippen LogP contribution in [0.25, 0.3) is 0 Å². The average Bonchev–Trinajstić information content (AvgIpc) is 2.97. The van der Waals surface area contributed by atoms with Gasteiger partial charge in [-0.15, -0.1) is 0 Å². The molecule has 1 aliphatic rings. The maximum absolute atomic E-state index is 5.25. The lowest BCUT2D eigenvalue weighted by atomic mass is 10.0. The van der Waals surface area contributed by atoms with Gasteiger partial charge in [0.05, 0.1) is 7.11 Å². The number of hydrogen-bond acceptors (Lipinski definition) is 2. The van der Waals surface area contributed by atoms with Gasteiger partial charge in [0.15, 0.2) is 0 Å². The zero-order valence-electron chi connectivity index (χ0n) is 10.0. The Balaban J connectivity index is 2.11. The molecule has 0 aliphatic heterocycles. The van der Waals surface area contributed by atoms with E-state index in [1.54, 1.807) is 7.11 Å². The summed E-state index contributed by atoms with van der Waals surface area (Å²) >= 11 is 3.49. The largest absolute Gasteiger partial charge is 0.497 e. The highest BCUT2D eigenvalue weighted by Crippen LogP contribution is 2.49. The van der Waals surface area contributed by atoms with Crippen LogP contribution in [-0.2, 0) is 0 Å². The average molecular weight is 284 g/mol. The van der Waals surface area contributed by atoms with Gasteiger partial charge in [-0.2, -0.15) is 0 Å². The maximum Gasteiger partial charge on any atom is 0.122 e. The Bertz CT molecular complexity index is 388. The van der Waals surface area contributed by atoms with E-state index in [2.05, 4.69) is 41.2 Å². The highest BCUT2D eigenvalue weighted by Gasteiger charge is 2.42. The number of ether oxygens (including phenoxy) is 1. The van der Waals surface area contributed by atoms with Gasteiger partial charge in [0.25, 0.3) is 0 Å². The molecular weight excluding hydrogens is 266 g/mol. The summed E-state index contributed by atoms with van der Waals surface area (Å²) in [6.07, 6.45) is 2.65.